The lowest BCUT2D eigenvalue weighted by molar-refractivity contribution is 0.968. The van der Waals surface area contributed by atoms with Crippen LogP contribution in [0.5, 0.6) is 0 Å². The Bertz CT molecular complexity index is 216. The van der Waals surface area contributed by atoms with Gasteiger partial charge in [0.2, 0.25) is 0 Å². The molecule has 0 spiro atoms. The molecule has 1 rings (SSSR count). The van der Waals surface area contributed by atoms with Gasteiger partial charge in [0.25, 0.3) is 0 Å². The summed E-state index contributed by atoms with van der Waals surface area (Å²) >= 11 is 0. The molecule has 59 valence electrons. The van der Waals surface area contributed by atoms with Crippen LogP contribution in [0.15, 0.2) is 24.3 Å². The molecule has 0 aliphatic heterocycles. The van der Waals surface area contributed by atoms with E-state index >= 15 is 0 Å². The van der Waals surface area contributed by atoms with Gasteiger partial charge in [-0.3, -0.25) is 0 Å². The Hall–Kier alpha value is -1.18. The van der Waals surface area contributed by atoms with Crippen LogP contribution in [-0.4, -0.2) is 13.6 Å². The molecule has 0 aromatic heterocycles. The zero-order chi connectivity index (χ0) is 8.27. The van der Waals surface area contributed by atoms with Crippen LogP contribution in [0.3, 0.4) is 0 Å². The van der Waals surface area contributed by atoms with E-state index in [0.29, 0.717) is 5.69 Å². The van der Waals surface area contributed by atoms with Crippen LogP contribution in [-0.2, 0) is 0 Å². The Labute approximate surface area is 67.6 Å². The molecular weight excluding hydrogens is 136 g/mol. The molecule has 2 heteroatoms. The van der Waals surface area contributed by atoms with Crippen LogP contribution < -0.4 is 10.6 Å². The molecule has 1 aromatic carbocycles. The molecule has 1 aromatic rings. The number of nitrogens with zero attached hydrogens (tertiary/aromatic N) is 1. The highest BCUT2D eigenvalue weighted by molar-refractivity contribution is 5.51. The zero-order valence-corrected chi connectivity index (χ0v) is 6.96. The molecule has 0 saturated carbocycles. The molecule has 1 radical (unpaired) electrons. The minimum absolute atomic E-state index is 0.568. The van der Waals surface area contributed by atoms with Crippen LogP contribution in [0.2, 0.25) is 0 Å². The molecule has 0 heterocycles. The van der Waals surface area contributed by atoms with Gasteiger partial charge < -0.3 is 10.6 Å². The van der Waals surface area contributed by atoms with E-state index in [2.05, 4.69) is 11.8 Å². The second-order valence-corrected chi connectivity index (χ2v) is 2.56. The SMILES string of the molecule is CCN(C)c1ccc([NH])cc1. The van der Waals surface area contributed by atoms with Crippen molar-refractivity contribution in [3.05, 3.63) is 24.3 Å². The van der Waals surface area contributed by atoms with E-state index in [-0.39, 0.29) is 0 Å². The molecule has 0 amide bonds. The number of hydrogen-bond acceptors (Lipinski definition) is 1. The number of anilines is 1. The van der Waals surface area contributed by atoms with Crippen molar-refractivity contribution in [1.82, 2.24) is 5.73 Å². The Morgan fingerprint density at radius 2 is 1.82 bits per heavy atom. The number of nitrogens with one attached hydrogen (secondary N) is 1. The molecule has 0 fully saturated rings. The van der Waals surface area contributed by atoms with Crippen LogP contribution in [0.25, 0.3) is 0 Å². The molecule has 11 heavy (non-hydrogen) atoms. The highest BCUT2D eigenvalue weighted by atomic mass is 15.1. The average molecular weight is 149 g/mol. The summed E-state index contributed by atoms with van der Waals surface area (Å²) in [7, 11) is 2.04. The van der Waals surface area contributed by atoms with Crippen molar-refractivity contribution < 1.29 is 0 Å². The monoisotopic (exact) mass is 149 g/mol. The van der Waals surface area contributed by atoms with Crippen LogP contribution >= 0.6 is 0 Å². The lowest BCUT2D eigenvalue weighted by Gasteiger charge is -2.16. The third-order valence-electron chi connectivity index (χ3n) is 1.78. The van der Waals surface area contributed by atoms with E-state index in [1.54, 1.807) is 0 Å². The minimum atomic E-state index is 0.568. The fourth-order valence-corrected chi connectivity index (χ4v) is 0.898. The molecule has 0 aliphatic carbocycles. The molecule has 0 bridgehead atoms. The van der Waals surface area contributed by atoms with Gasteiger partial charge in [0.05, 0.1) is 5.69 Å². The summed E-state index contributed by atoms with van der Waals surface area (Å²) in [6.45, 7) is 3.10. The molecule has 1 N–H and O–H groups in total. The molecular formula is C9H13N2. The fraction of sp³-hybridized carbons (Fsp3) is 0.333. The number of hydrogen-bond donors (Lipinski definition) is 0. The van der Waals surface area contributed by atoms with Crippen LogP contribution in [0, 0.1) is 0 Å². The van der Waals surface area contributed by atoms with Gasteiger partial charge in [-0.05, 0) is 31.2 Å². The van der Waals surface area contributed by atoms with E-state index < -0.39 is 0 Å². The van der Waals surface area contributed by atoms with Gasteiger partial charge in [-0.15, -0.1) is 0 Å². The highest BCUT2D eigenvalue weighted by Gasteiger charge is 1.95. The Morgan fingerprint density at radius 1 is 1.27 bits per heavy atom. The summed E-state index contributed by atoms with van der Waals surface area (Å²) in [5.41, 5.74) is 9.01. The Kier molecular flexibility index (Phi) is 2.36. The highest BCUT2D eigenvalue weighted by Crippen LogP contribution is 2.14. The quantitative estimate of drug-likeness (QED) is 0.632. The first-order valence-electron chi connectivity index (χ1n) is 3.77. The maximum Gasteiger partial charge on any atom is 0.0541 e. The van der Waals surface area contributed by atoms with Crippen LogP contribution in [0.4, 0.5) is 11.4 Å². The number of rotatable bonds is 2. The predicted octanol–water partition coefficient (Wildman–Crippen LogP) is 2.06. The van der Waals surface area contributed by atoms with Gasteiger partial charge in [-0.2, -0.15) is 0 Å². The second kappa shape index (κ2) is 3.28. The maximum absolute atomic E-state index is 7.27. The second-order valence-electron chi connectivity index (χ2n) is 2.56. The first kappa shape index (κ1) is 7.92. The molecule has 2 nitrogen and oxygen atoms in total. The van der Waals surface area contributed by atoms with Crippen LogP contribution in [0.1, 0.15) is 6.92 Å². The lowest BCUT2D eigenvalue weighted by atomic mass is 10.2. The largest absolute Gasteiger partial charge is 0.375 e. The Morgan fingerprint density at radius 3 is 2.27 bits per heavy atom. The van der Waals surface area contributed by atoms with Crippen molar-refractivity contribution in [2.24, 2.45) is 0 Å². The van der Waals surface area contributed by atoms with Gasteiger partial charge >= 0.3 is 0 Å². The van der Waals surface area contributed by atoms with E-state index in [0.717, 1.165) is 6.54 Å². The summed E-state index contributed by atoms with van der Waals surface area (Å²) in [4.78, 5) is 2.14. The van der Waals surface area contributed by atoms with E-state index in [4.69, 9.17) is 5.73 Å². The van der Waals surface area contributed by atoms with Crippen molar-refractivity contribution in [1.29, 1.82) is 0 Å². The first-order valence-corrected chi connectivity index (χ1v) is 3.77. The maximum atomic E-state index is 7.27. The fourth-order valence-electron chi connectivity index (χ4n) is 0.898. The normalized spacial score (nSPS) is 9.64. The topological polar surface area (TPSA) is 27.0 Å². The smallest absolute Gasteiger partial charge is 0.0541 e. The van der Waals surface area contributed by atoms with Gasteiger partial charge in [0.15, 0.2) is 0 Å². The van der Waals surface area contributed by atoms with E-state index in [9.17, 15) is 0 Å². The van der Waals surface area contributed by atoms with Crippen molar-refractivity contribution in [3.63, 3.8) is 0 Å². The lowest BCUT2D eigenvalue weighted by Crippen LogP contribution is -2.15. The van der Waals surface area contributed by atoms with Gasteiger partial charge in [-0.1, -0.05) is 0 Å². The predicted molar refractivity (Wildman–Crippen MR) is 48.1 cm³/mol. The van der Waals surface area contributed by atoms with Gasteiger partial charge in [0, 0.05) is 19.3 Å². The third-order valence-corrected chi connectivity index (χ3v) is 1.78. The van der Waals surface area contributed by atoms with Gasteiger partial charge in [0.1, 0.15) is 0 Å². The average Bonchev–Trinajstić information content (AvgIpc) is 2.05. The first-order chi connectivity index (χ1) is 5.24. The van der Waals surface area contributed by atoms with Gasteiger partial charge in [-0.25, -0.2) is 0 Å². The van der Waals surface area contributed by atoms with Crippen molar-refractivity contribution in [2.75, 3.05) is 18.5 Å². The van der Waals surface area contributed by atoms with E-state index in [1.807, 2.05) is 31.3 Å². The summed E-state index contributed by atoms with van der Waals surface area (Å²) in [6, 6.07) is 7.54. The summed E-state index contributed by atoms with van der Waals surface area (Å²) in [6.07, 6.45) is 0. The molecule has 0 atom stereocenters. The summed E-state index contributed by atoms with van der Waals surface area (Å²) in [5, 5.41) is 0. The standard InChI is InChI=1S/C9H13N2/c1-3-11(2)9-6-4-8(10)5-7-9/h4-7,10H,3H2,1-2H3. The summed E-state index contributed by atoms with van der Waals surface area (Å²) in [5.74, 6) is 0. The number of benzene rings is 1. The molecule has 0 saturated heterocycles. The third kappa shape index (κ3) is 1.87. The molecule has 0 aliphatic rings. The van der Waals surface area contributed by atoms with Crippen molar-refractivity contribution in [2.45, 2.75) is 6.92 Å². The summed E-state index contributed by atoms with van der Waals surface area (Å²) < 4.78 is 0. The van der Waals surface area contributed by atoms with E-state index in [1.165, 1.54) is 5.69 Å². The molecule has 0 unspecified atom stereocenters. The minimum Gasteiger partial charge on any atom is -0.375 e. The van der Waals surface area contributed by atoms with Crippen molar-refractivity contribution in [3.8, 4) is 0 Å². The van der Waals surface area contributed by atoms with Crippen molar-refractivity contribution >= 4 is 11.4 Å². The Balaban J connectivity index is 2.81. The zero-order valence-electron chi connectivity index (χ0n) is 6.96.